The van der Waals surface area contributed by atoms with Gasteiger partial charge in [-0.1, -0.05) is 18.2 Å². The first-order valence-electron chi connectivity index (χ1n) is 5.57. The second-order valence-electron chi connectivity index (χ2n) is 4.29. The van der Waals surface area contributed by atoms with Crippen molar-refractivity contribution in [1.29, 1.82) is 0 Å². The van der Waals surface area contributed by atoms with Crippen LogP contribution in [0.1, 0.15) is 0 Å². The van der Waals surface area contributed by atoms with E-state index in [2.05, 4.69) is 9.88 Å². The highest BCUT2D eigenvalue weighted by molar-refractivity contribution is 5.92. The Morgan fingerprint density at radius 1 is 1.29 bits per heavy atom. The molecule has 0 bridgehead atoms. The normalized spacial score (nSPS) is 15.9. The molecule has 3 rings (SSSR count). The van der Waals surface area contributed by atoms with Gasteiger partial charge in [0.2, 0.25) is 0 Å². The predicted molar refractivity (Wildman–Crippen MR) is 65.1 cm³/mol. The molecule has 4 nitrogen and oxygen atoms in total. The van der Waals surface area contributed by atoms with Gasteiger partial charge < -0.3 is 10.0 Å². The molecule has 1 saturated heterocycles. The van der Waals surface area contributed by atoms with Crippen molar-refractivity contribution < 1.29 is 9.90 Å². The van der Waals surface area contributed by atoms with E-state index in [0.717, 1.165) is 16.6 Å². The third-order valence-electron chi connectivity index (χ3n) is 3.20. The second-order valence-corrected chi connectivity index (χ2v) is 4.29. The van der Waals surface area contributed by atoms with Gasteiger partial charge in [0.25, 0.3) is 0 Å². The van der Waals surface area contributed by atoms with Gasteiger partial charge in [-0.25, -0.2) is 0 Å². The molecule has 1 N–H and O–H groups in total. The number of para-hydroxylation sites is 1. The molecule has 1 aliphatic rings. The summed E-state index contributed by atoms with van der Waals surface area (Å²) in [7, 11) is 0. The molecular formula is C13H12N2O2. The minimum absolute atomic E-state index is 0.234. The van der Waals surface area contributed by atoms with Crippen LogP contribution in [0.15, 0.2) is 36.5 Å². The van der Waals surface area contributed by atoms with E-state index in [1.165, 1.54) is 0 Å². The Kier molecular flexibility index (Phi) is 2.21. The molecule has 1 aromatic heterocycles. The Labute approximate surface area is 98.5 Å². The summed E-state index contributed by atoms with van der Waals surface area (Å²) in [4.78, 5) is 17.2. The molecule has 0 unspecified atom stereocenters. The van der Waals surface area contributed by atoms with Crippen LogP contribution in [0.4, 0.5) is 5.69 Å². The van der Waals surface area contributed by atoms with Crippen LogP contribution in [0.25, 0.3) is 10.9 Å². The molecule has 0 radical (unpaired) electrons. The summed E-state index contributed by atoms with van der Waals surface area (Å²) in [5.41, 5.74) is 2.02. The zero-order chi connectivity index (χ0) is 11.8. The number of rotatable bonds is 2. The summed E-state index contributed by atoms with van der Waals surface area (Å²) in [6.45, 7) is 1.17. The Hall–Kier alpha value is -2.10. The van der Waals surface area contributed by atoms with E-state index >= 15 is 0 Å². The molecule has 1 aliphatic heterocycles. The summed E-state index contributed by atoms with van der Waals surface area (Å²) in [5.74, 6) is -0.943. The van der Waals surface area contributed by atoms with Crippen LogP contribution in [-0.4, -0.2) is 29.1 Å². The van der Waals surface area contributed by atoms with Crippen molar-refractivity contribution in [3.05, 3.63) is 36.5 Å². The number of carboxylic acids is 1. The number of carboxylic acid groups (broad SMARTS) is 1. The zero-order valence-electron chi connectivity index (χ0n) is 9.21. The first-order valence-corrected chi connectivity index (χ1v) is 5.57. The molecule has 2 heterocycles. The summed E-state index contributed by atoms with van der Waals surface area (Å²) in [5, 5.41) is 9.95. The van der Waals surface area contributed by atoms with E-state index in [1.807, 2.05) is 30.3 Å². The molecule has 86 valence electrons. The number of anilines is 1. The maximum absolute atomic E-state index is 10.8. The molecular weight excluding hydrogens is 216 g/mol. The summed E-state index contributed by atoms with van der Waals surface area (Å²) in [6.07, 6.45) is 1.77. The van der Waals surface area contributed by atoms with Crippen LogP contribution in [0, 0.1) is 5.92 Å². The van der Waals surface area contributed by atoms with Crippen molar-refractivity contribution >= 4 is 22.6 Å². The van der Waals surface area contributed by atoms with Crippen LogP contribution < -0.4 is 4.90 Å². The molecule has 0 amide bonds. The lowest BCUT2D eigenvalue weighted by Crippen LogP contribution is -2.50. The highest BCUT2D eigenvalue weighted by Crippen LogP contribution is 2.30. The minimum atomic E-state index is -0.709. The molecule has 4 heteroatoms. The molecule has 1 aromatic carbocycles. The Morgan fingerprint density at radius 2 is 2.06 bits per heavy atom. The van der Waals surface area contributed by atoms with Gasteiger partial charge in [0.1, 0.15) is 0 Å². The van der Waals surface area contributed by atoms with Crippen LogP contribution in [0.2, 0.25) is 0 Å². The van der Waals surface area contributed by atoms with Gasteiger partial charge >= 0.3 is 5.97 Å². The van der Waals surface area contributed by atoms with Crippen molar-refractivity contribution in [3.8, 4) is 0 Å². The van der Waals surface area contributed by atoms with Gasteiger partial charge in [0.05, 0.1) is 11.4 Å². The lowest BCUT2D eigenvalue weighted by Gasteiger charge is -2.39. The second kappa shape index (κ2) is 3.73. The number of benzene rings is 1. The molecule has 0 spiro atoms. The van der Waals surface area contributed by atoms with Crippen LogP contribution in [0.3, 0.4) is 0 Å². The van der Waals surface area contributed by atoms with Gasteiger partial charge in [-0.05, 0) is 12.1 Å². The molecule has 2 aromatic rings. The van der Waals surface area contributed by atoms with Crippen molar-refractivity contribution in [1.82, 2.24) is 4.98 Å². The summed E-state index contributed by atoms with van der Waals surface area (Å²) >= 11 is 0. The number of pyridine rings is 1. The van der Waals surface area contributed by atoms with Crippen LogP contribution in [-0.2, 0) is 4.79 Å². The Morgan fingerprint density at radius 3 is 2.82 bits per heavy atom. The fraction of sp³-hybridized carbons (Fsp3) is 0.231. The smallest absolute Gasteiger partial charge is 0.310 e. The summed E-state index contributed by atoms with van der Waals surface area (Å²) < 4.78 is 0. The first kappa shape index (κ1) is 10.1. The lowest BCUT2D eigenvalue weighted by atomic mass is 9.98. The lowest BCUT2D eigenvalue weighted by molar-refractivity contribution is -0.142. The predicted octanol–water partition coefficient (Wildman–Crippen LogP) is 1.76. The largest absolute Gasteiger partial charge is 0.481 e. The summed E-state index contributed by atoms with van der Waals surface area (Å²) in [6, 6.07) is 9.86. The number of carbonyl (C=O) groups is 1. The highest BCUT2D eigenvalue weighted by atomic mass is 16.4. The van der Waals surface area contributed by atoms with E-state index in [0.29, 0.717) is 13.1 Å². The number of aliphatic carboxylic acids is 1. The number of aromatic nitrogens is 1. The zero-order valence-corrected chi connectivity index (χ0v) is 9.21. The Balaban J connectivity index is 1.94. The van der Waals surface area contributed by atoms with E-state index in [1.54, 1.807) is 6.20 Å². The monoisotopic (exact) mass is 228 g/mol. The fourth-order valence-electron chi connectivity index (χ4n) is 2.19. The van der Waals surface area contributed by atoms with Crippen molar-refractivity contribution in [2.24, 2.45) is 5.92 Å². The average Bonchev–Trinajstić information content (AvgIpc) is 2.27. The maximum Gasteiger partial charge on any atom is 0.310 e. The maximum atomic E-state index is 10.8. The van der Waals surface area contributed by atoms with E-state index < -0.39 is 5.97 Å². The molecule has 0 saturated carbocycles. The van der Waals surface area contributed by atoms with Crippen molar-refractivity contribution in [2.45, 2.75) is 0 Å². The van der Waals surface area contributed by atoms with E-state index in [-0.39, 0.29) is 5.92 Å². The topological polar surface area (TPSA) is 53.4 Å². The van der Waals surface area contributed by atoms with Crippen LogP contribution >= 0.6 is 0 Å². The standard InChI is InChI=1S/C13H12N2O2/c16-13(17)9-7-15(8-9)12-5-6-14-11-4-2-1-3-10(11)12/h1-6,9H,7-8H2,(H,16,17). The first-order chi connectivity index (χ1) is 8.25. The molecule has 0 aliphatic carbocycles. The third-order valence-corrected chi connectivity index (χ3v) is 3.20. The fourth-order valence-corrected chi connectivity index (χ4v) is 2.19. The number of hydrogen-bond acceptors (Lipinski definition) is 3. The van der Waals surface area contributed by atoms with Gasteiger partial charge in [-0.3, -0.25) is 9.78 Å². The average molecular weight is 228 g/mol. The van der Waals surface area contributed by atoms with Gasteiger partial charge in [0, 0.05) is 30.4 Å². The third kappa shape index (κ3) is 1.62. The quantitative estimate of drug-likeness (QED) is 0.850. The molecule has 17 heavy (non-hydrogen) atoms. The highest BCUT2D eigenvalue weighted by Gasteiger charge is 2.33. The number of fused-ring (bicyclic) bond motifs is 1. The Bertz CT molecular complexity index is 571. The van der Waals surface area contributed by atoms with Gasteiger partial charge in [-0.2, -0.15) is 0 Å². The van der Waals surface area contributed by atoms with E-state index in [4.69, 9.17) is 5.11 Å². The van der Waals surface area contributed by atoms with Crippen molar-refractivity contribution in [3.63, 3.8) is 0 Å². The van der Waals surface area contributed by atoms with Gasteiger partial charge in [-0.15, -0.1) is 0 Å². The number of hydrogen-bond donors (Lipinski definition) is 1. The van der Waals surface area contributed by atoms with Crippen LogP contribution in [0.5, 0.6) is 0 Å². The minimum Gasteiger partial charge on any atom is -0.481 e. The van der Waals surface area contributed by atoms with Gasteiger partial charge in [0.15, 0.2) is 0 Å². The van der Waals surface area contributed by atoms with Crippen molar-refractivity contribution in [2.75, 3.05) is 18.0 Å². The van der Waals surface area contributed by atoms with E-state index in [9.17, 15) is 4.79 Å². The SMILES string of the molecule is O=C(O)C1CN(c2ccnc3ccccc23)C1. The molecule has 1 fully saturated rings. The molecule has 0 atom stereocenters. The number of nitrogens with zero attached hydrogens (tertiary/aromatic N) is 2.